The van der Waals surface area contributed by atoms with Gasteiger partial charge in [-0.1, -0.05) is 38.5 Å². The van der Waals surface area contributed by atoms with E-state index in [1.165, 1.54) is 29.4 Å². The van der Waals surface area contributed by atoms with Crippen molar-refractivity contribution < 1.29 is 0 Å². The first-order valence-electron chi connectivity index (χ1n) is 7.47. The molecular weight excluding hydrogens is 234 g/mol. The van der Waals surface area contributed by atoms with Crippen LogP contribution in [0.4, 0.5) is 0 Å². The van der Waals surface area contributed by atoms with Gasteiger partial charge in [0.15, 0.2) is 0 Å². The van der Waals surface area contributed by atoms with Crippen molar-refractivity contribution in [3.63, 3.8) is 0 Å². The van der Waals surface area contributed by atoms with Crippen molar-refractivity contribution in [2.75, 3.05) is 6.54 Å². The average molecular weight is 259 g/mol. The Balaban J connectivity index is 2.28. The Kier molecular flexibility index (Phi) is 4.97. The smallest absolute Gasteiger partial charge is 0.0718 e. The van der Waals surface area contributed by atoms with Crippen LogP contribution in [0.2, 0.25) is 0 Å². The summed E-state index contributed by atoms with van der Waals surface area (Å²) in [5.41, 5.74) is 2.49. The molecule has 0 spiro atoms. The number of nitrogens with one attached hydrogen (secondary N) is 1. The molecule has 0 aliphatic heterocycles. The van der Waals surface area contributed by atoms with Gasteiger partial charge in [0, 0.05) is 24.4 Å². The zero-order chi connectivity index (χ0) is 13.7. The minimum atomic E-state index is 0.540. The van der Waals surface area contributed by atoms with Gasteiger partial charge in [-0.05, 0) is 26.0 Å². The number of likely N-dealkylation sites (N-methyl/N-ethyl adjacent to an activating group) is 1. The Morgan fingerprint density at radius 3 is 2.68 bits per heavy atom. The van der Waals surface area contributed by atoms with E-state index < -0.39 is 0 Å². The fourth-order valence-corrected chi connectivity index (χ4v) is 2.73. The molecule has 1 heterocycles. The summed E-state index contributed by atoms with van der Waals surface area (Å²) in [5.74, 6) is 0. The van der Waals surface area contributed by atoms with Crippen molar-refractivity contribution in [3.05, 3.63) is 30.0 Å². The van der Waals surface area contributed by atoms with Crippen molar-refractivity contribution in [3.8, 4) is 0 Å². The molecule has 3 heteroatoms. The molecule has 0 amide bonds. The van der Waals surface area contributed by atoms with Crippen LogP contribution in [0.3, 0.4) is 0 Å². The second-order valence-electron chi connectivity index (χ2n) is 5.03. The standard InChI is InChI=1S/C16H25N3/c1-4-9-13(17-5-2)12-15-14-10-7-8-11-16(14)19(6-3)18-15/h7-8,10-11,13,17H,4-6,9,12H2,1-3H3. The second-order valence-corrected chi connectivity index (χ2v) is 5.03. The highest BCUT2D eigenvalue weighted by Gasteiger charge is 2.14. The number of aryl methyl sites for hydroxylation is 1. The van der Waals surface area contributed by atoms with Gasteiger partial charge in [-0.25, -0.2) is 0 Å². The Labute approximate surface area is 116 Å². The van der Waals surface area contributed by atoms with Crippen molar-refractivity contribution in [2.45, 2.75) is 52.6 Å². The summed E-state index contributed by atoms with van der Waals surface area (Å²) >= 11 is 0. The molecule has 0 radical (unpaired) electrons. The second kappa shape index (κ2) is 6.71. The molecule has 1 atom stereocenters. The fourth-order valence-electron chi connectivity index (χ4n) is 2.73. The van der Waals surface area contributed by atoms with Gasteiger partial charge in [-0.2, -0.15) is 5.10 Å². The van der Waals surface area contributed by atoms with Gasteiger partial charge in [0.2, 0.25) is 0 Å². The maximum Gasteiger partial charge on any atom is 0.0718 e. The average Bonchev–Trinajstić information content (AvgIpc) is 2.78. The summed E-state index contributed by atoms with van der Waals surface area (Å²) in [4.78, 5) is 0. The number of hydrogen-bond acceptors (Lipinski definition) is 2. The van der Waals surface area contributed by atoms with Gasteiger partial charge in [-0.3, -0.25) is 4.68 Å². The van der Waals surface area contributed by atoms with Crippen LogP contribution in [0.1, 0.15) is 39.3 Å². The van der Waals surface area contributed by atoms with E-state index in [2.05, 4.69) is 55.0 Å². The molecule has 0 bridgehead atoms. The molecule has 1 aromatic heterocycles. The van der Waals surface area contributed by atoms with Crippen LogP contribution in [0, 0.1) is 0 Å². The highest BCUT2D eigenvalue weighted by Crippen LogP contribution is 2.20. The largest absolute Gasteiger partial charge is 0.314 e. The highest BCUT2D eigenvalue weighted by atomic mass is 15.3. The van der Waals surface area contributed by atoms with Crippen LogP contribution in [-0.2, 0) is 13.0 Å². The molecule has 1 aromatic carbocycles. The van der Waals surface area contributed by atoms with Gasteiger partial charge in [0.1, 0.15) is 0 Å². The third-order valence-corrected chi connectivity index (χ3v) is 3.60. The minimum absolute atomic E-state index is 0.540. The van der Waals surface area contributed by atoms with E-state index in [0.29, 0.717) is 6.04 Å². The van der Waals surface area contributed by atoms with Gasteiger partial charge in [0.25, 0.3) is 0 Å². The number of hydrogen-bond donors (Lipinski definition) is 1. The van der Waals surface area contributed by atoms with Crippen LogP contribution in [0.15, 0.2) is 24.3 Å². The van der Waals surface area contributed by atoms with Crippen LogP contribution in [0.5, 0.6) is 0 Å². The predicted molar refractivity (Wildman–Crippen MR) is 81.5 cm³/mol. The van der Waals surface area contributed by atoms with Crippen molar-refractivity contribution in [1.82, 2.24) is 15.1 Å². The molecule has 104 valence electrons. The van der Waals surface area contributed by atoms with E-state index in [-0.39, 0.29) is 0 Å². The molecule has 2 rings (SSSR count). The molecule has 0 aliphatic rings. The lowest BCUT2D eigenvalue weighted by molar-refractivity contribution is 0.479. The Hall–Kier alpha value is -1.35. The lowest BCUT2D eigenvalue weighted by Gasteiger charge is -2.15. The van der Waals surface area contributed by atoms with Crippen molar-refractivity contribution in [2.24, 2.45) is 0 Å². The number of benzene rings is 1. The zero-order valence-corrected chi connectivity index (χ0v) is 12.3. The molecule has 3 nitrogen and oxygen atoms in total. The molecule has 0 saturated carbocycles. The molecule has 0 aliphatic carbocycles. The first kappa shape index (κ1) is 14.1. The fraction of sp³-hybridized carbons (Fsp3) is 0.562. The molecule has 0 saturated heterocycles. The quantitative estimate of drug-likeness (QED) is 0.826. The Morgan fingerprint density at radius 1 is 1.21 bits per heavy atom. The van der Waals surface area contributed by atoms with Crippen LogP contribution in [-0.4, -0.2) is 22.4 Å². The monoisotopic (exact) mass is 259 g/mol. The first-order chi connectivity index (χ1) is 9.30. The Morgan fingerprint density at radius 2 is 2.00 bits per heavy atom. The lowest BCUT2D eigenvalue weighted by Crippen LogP contribution is -2.31. The molecule has 2 aromatic rings. The van der Waals surface area contributed by atoms with E-state index in [0.717, 1.165) is 19.5 Å². The SMILES string of the molecule is CCCC(Cc1nn(CC)c2ccccc12)NCC. The van der Waals surface area contributed by atoms with E-state index in [1.54, 1.807) is 0 Å². The number of nitrogens with zero attached hydrogens (tertiary/aromatic N) is 2. The molecule has 0 fully saturated rings. The summed E-state index contributed by atoms with van der Waals surface area (Å²) in [6.07, 6.45) is 3.44. The number of para-hydroxylation sites is 1. The van der Waals surface area contributed by atoms with E-state index in [9.17, 15) is 0 Å². The normalized spacial score (nSPS) is 13.0. The minimum Gasteiger partial charge on any atom is -0.314 e. The third-order valence-electron chi connectivity index (χ3n) is 3.60. The van der Waals surface area contributed by atoms with Gasteiger partial charge in [-0.15, -0.1) is 0 Å². The van der Waals surface area contributed by atoms with E-state index >= 15 is 0 Å². The maximum atomic E-state index is 4.79. The summed E-state index contributed by atoms with van der Waals surface area (Å²) < 4.78 is 2.11. The van der Waals surface area contributed by atoms with E-state index in [4.69, 9.17) is 5.10 Å². The molecular formula is C16H25N3. The molecule has 1 N–H and O–H groups in total. The lowest BCUT2D eigenvalue weighted by atomic mass is 10.0. The first-order valence-corrected chi connectivity index (χ1v) is 7.47. The van der Waals surface area contributed by atoms with Crippen LogP contribution < -0.4 is 5.32 Å². The van der Waals surface area contributed by atoms with E-state index in [1.807, 2.05) is 0 Å². The number of fused-ring (bicyclic) bond motifs is 1. The molecule has 1 unspecified atom stereocenters. The summed E-state index contributed by atoms with van der Waals surface area (Å²) in [7, 11) is 0. The maximum absolute atomic E-state index is 4.79. The zero-order valence-electron chi connectivity index (χ0n) is 12.3. The summed E-state index contributed by atoms with van der Waals surface area (Å²) in [6, 6.07) is 9.10. The van der Waals surface area contributed by atoms with Gasteiger partial charge >= 0.3 is 0 Å². The van der Waals surface area contributed by atoms with Gasteiger partial charge < -0.3 is 5.32 Å². The van der Waals surface area contributed by atoms with Crippen LogP contribution >= 0.6 is 0 Å². The summed E-state index contributed by atoms with van der Waals surface area (Å²) in [5, 5.41) is 9.67. The Bertz CT molecular complexity index is 510. The topological polar surface area (TPSA) is 29.9 Å². The molecule has 19 heavy (non-hydrogen) atoms. The highest BCUT2D eigenvalue weighted by molar-refractivity contribution is 5.82. The number of aromatic nitrogens is 2. The van der Waals surface area contributed by atoms with Gasteiger partial charge in [0.05, 0.1) is 11.2 Å². The summed E-state index contributed by atoms with van der Waals surface area (Å²) in [6.45, 7) is 8.52. The van der Waals surface area contributed by atoms with Crippen molar-refractivity contribution in [1.29, 1.82) is 0 Å². The predicted octanol–water partition coefficient (Wildman–Crippen LogP) is 3.38. The van der Waals surface area contributed by atoms with Crippen molar-refractivity contribution >= 4 is 10.9 Å². The third kappa shape index (κ3) is 3.16. The van der Waals surface area contributed by atoms with Crippen LogP contribution in [0.25, 0.3) is 10.9 Å². The number of rotatable bonds is 7.